The maximum Gasteiger partial charge on any atom is 0.434 e. The molecule has 0 aliphatic carbocycles. The van der Waals surface area contributed by atoms with Crippen molar-refractivity contribution < 1.29 is 26.7 Å². The zero-order chi connectivity index (χ0) is 23.0. The minimum Gasteiger partial charge on any atom is -0.298 e. The van der Waals surface area contributed by atoms with Crippen LogP contribution in [0.3, 0.4) is 0 Å². The lowest BCUT2D eigenvalue weighted by Crippen LogP contribution is -2.20. The highest BCUT2D eigenvalue weighted by molar-refractivity contribution is 7.14. The van der Waals surface area contributed by atoms with Gasteiger partial charge < -0.3 is 0 Å². The number of amides is 1. The molecular weight excluding hydrogens is 475 g/mol. The fraction of sp³-hybridized carbons (Fsp3) is 0.0500. The summed E-state index contributed by atoms with van der Waals surface area (Å²) in [4.78, 5) is 16.7. The molecule has 0 aliphatic rings. The quantitative estimate of drug-likeness (QED) is 0.351. The molecule has 32 heavy (non-hydrogen) atoms. The Balaban J connectivity index is 1.63. The molecule has 0 aliphatic heterocycles. The van der Waals surface area contributed by atoms with Gasteiger partial charge in [-0.3, -0.25) is 10.1 Å². The number of aromatic nitrogens is 3. The van der Waals surface area contributed by atoms with Crippen molar-refractivity contribution in [2.75, 3.05) is 5.32 Å². The summed E-state index contributed by atoms with van der Waals surface area (Å²) in [6.07, 6.45) is -4.08. The molecule has 0 radical (unpaired) electrons. The van der Waals surface area contributed by atoms with E-state index in [1.54, 1.807) is 0 Å². The predicted molar refractivity (Wildman–Crippen MR) is 109 cm³/mol. The van der Waals surface area contributed by atoms with Crippen LogP contribution in [0.25, 0.3) is 16.9 Å². The van der Waals surface area contributed by atoms with Crippen LogP contribution in [0.4, 0.5) is 27.1 Å². The van der Waals surface area contributed by atoms with Crippen LogP contribution < -0.4 is 5.32 Å². The monoisotopic (exact) mass is 484 g/mol. The first-order valence-electron chi connectivity index (χ1n) is 8.77. The molecule has 5 nitrogen and oxygen atoms in total. The SMILES string of the molecule is O=C(Nc1nc(-c2ccc(F)c(F)c2)cs1)c1cnn(-c2ccc(Cl)cc2)c1C(F)(F)F. The summed E-state index contributed by atoms with van der Waals surface area (Å²) in [6, 6.07) is 8.60. The average Bonchev–Trinajstić information content (AvgIpc) is 3.38. The van der Waals surface area contributed by atoms with E-state index in [1.807, 2.05) is 0 Å². The molecule has 2 aromatic heterocycles. The van der Waals surface area contributed by atoms with E-state index in [-0.39, 0.29) is 22.1 Å². The van der Waals surface area contributed by atoms with Crippen LogP contribution in [0.15, 0.2) is 54.0 Å². The largest absolute Gasteiger partial charge is 0.434 e. The summed E-state index contributed by atoms with van der Waals surface area (Å²) in [5.74, 6) is -3.19. The predicted octanol–water partition coefficient (Wildman–Crippen LogP) is 6.20. The summed E-state index contributed by atoms with van der Waals surface area (Å²) >= 11 is 6.69. The van der Waals surface area contributed by atoms with E-state index in [4.69, 9.17) is 11.6 Å². The number of hydrogen-bond acceptors (Lipinski definition) is 4. The van der Waals surface area contributed by atoms with Crippen LogP contribution in [-0.4, -0.2) is 20.7 Å². The van der Waals surface area contributed by atoms with Crippen LogP contribution in [-0.2, 0) is 6.18 Å². The van der Waals surface area contributed by atoms with Crippen molar-refractivity contribution in [2.24, 2.45) is 0 Å². The average molecular weight is 485 g/mol. The second kappa shape index (κ2) is 8.32. The Bertz CT molecular complexity index is 1300. The highest BCUT2D eigenvalue weighted by atomic mass is 35.5. The van der Waals surface area contributed by atoms with Crippen LogP contribution in [0, 0.1) is 11.6 Å². The van der Waals surface area contributed by atoms with Gasteiger partial charge in [0, 0.05) is 16.0 Å². The number of thiazole rings is 1. The maximum absolute atomic E-state index is 13.8. The Labute approximate surface area is 186 Å². The number of nitrogens with zero attached hydrogens (tertiary/aromatic N) is 3. The van der Waals surface area contributed by atoms with E-state index < -0.39 is 35.0 Å². The van der Waals surface area contributed by atoms with Crippen molar-refractivity contribution >= 4 is 34.0 Å². The third kappa shape index (κ3) is 4.34. The molecule has 12 heteroatoms. The lowest BCUT2D eigenvalue weighted by atomic mass is 10.2. The number of hydrogen-bond donors (Lipinski definition) is 1. The van der Waals surface area contributed by atoms with Gasteiger partial charge in [0.05, 0.1) is 23.1 Å². The molecule has 1 N–H and O–H groups in total. The Morgan fingerprint density at radius 1 is 1.06 bits per heavy atom. The number of nitrogens with one attached hydrogen (secondary N) is 1. The summed E-state index contributed by atoms with van der Waals surface area (Å²) in [5, 5.41) is 7.75. The van der Waals surface area contributed by atoms with Gasteiger partial charge in [0.15, 0.2) is 22.5 Å². The molecule has 2 aromatic carbocycles. The second-order valence-corrected chi connectivity index (χ2v) is 7.71. The third-order valence-corrected chi connectivity index (χ3v) is 5.30. The minimum atomic E-state index is -4.89. The number of alkyl halides is 3. The van der Waals surface area contributed by atoms with Gasteiger partial charge >= 0.3 is 6.18 Å². The topological polar surface area (TPSA) is 59.8 Å². The van der Waals surface area contributed by atoms with Gasteiger partial charge in [0.1, 0.15) is 0 Å². The van der Waals surface area contributed by atoms with Crippen LogP contribution in [0.2, 0.25) is 5.02 Å². The third-order valence-electron chi connectivity index (χ3n) is 4.29. The molecule has 0 saturated carbocycles. The van der Waals surface area contributed by atoms with E-state index in [1.165, 1.54) is 35.7 Å². The molecule has 0 saturated heterocycles. The smallest absolute Gasteiger partial charge is 0.298 e. The number of carbonyl (C=O) groups is 1. The Morgan fingerprint density at radius 3 is 2.44 bits per heavy atom. The first-order valence-corrected chi connectivity index (χ1v) is 10.0. The molecule has 1 amide bonds. The zero-order valence-electron chi connectivity index (χ0n) is 15.6. The van der Waals surface area contributed by atoms with Gasteiger partial charge in [-0.1, -0.05) is 11.6 Å². The molecule has 4 aromatic rings. The number of carbonyl (C=O) groups excluding carboxylic acids is 1. The van der Waals surface area contributed by atoms with Gasteiger partial charge in [-0.05, 0) is 42.5 Å². The minimum absolute atomic E-state index is 0.0258. The van der Waals surface area contributed by atoms with E-state index in [9.17, 15) is 26.7 Å². The number of anilines is 1. The van der Waals surface area contributed by atoms with Crippen molar-refractivity contribution in [2.45, 2.75) is 6.18 Å². The Hall–Kier alpha value is -3.31. The van der Waals surface area contributed by atoms with E-state index in [0.29, 0.717) is 9.70 Å². The first-order chi connectivity index (χ1) is 15.1. The van der Waals surface area contributed by atoms with Crippen molar-refractivity contribution in [1.82, 2.24) is 14.8 Å². The molecule has 0 bridgehead atoms. The summed E-state index contributed by atoms with van der Waals surface area (Å²) in [7, 11) is 0. The van der Waals surface area contributed by atoms with Crippen molar-refractivity contribution in [1.29, 1.82) is 0 Å². The van der Waals surface area contributed by atoms with Crippen LogP contribution in [0.1, 0.15) is 16.1 Å². The normalized spacial score (nSPS) is 11.6. The molecular formula is C20H10ClF5N4OS. The standard InChI is InChI=1S/C20H10ClF5N4OS/c21-11-2-4-12(5-3-11)30-17(20(24,25)26)13(8-27-30)18(31)29-19-28-16(9-32-19)10-1-6-14(22)15(23)7-10/h1-9H,(H,28,29,31). The van der Waals surface area contributed by atoms with Crippen molar-refractivity contribution in [3.8, 4) is 16.9 Å². The van der Waals surface area contributed by atoms with Crippen LogP contribution in [0.5, 0.6) is 0 Å². The lowest BCUT2D eigenvalue weighted by molar-refractivity contribution is -0.143. The molecule has 164 valence electrons. The molecule has 0 fully saturated rings. The number of halogens is 6. The van der Waals surface area contributed by atoms with Gasteiger partial charge in [0.25, 0.3) is 5.91 Å². The van der Waals surface area contributed by atoms with Crippen LogP contribution >= 0.6 is 22.9 Å². The van der Waals surface area contributed by atoms with Crippen molar-refractivity contribution in [3.05, 3.63) is 82.0 Å². The maximum atomic E-state index is 13.8. The molecule has 2 heterocycles. The summed E-state index contributed by atoms with van der Waals surface area (Å²) in [5.41, 5.74) is -1.45. The Kier molecular flexibility index (Phi) is 5.70. The first kappa shape index (κ1) is 21.9. The van der Waals surface area contributed by atoms with E-state index in [2.05, 4.69) is 15.4 Å². The number of rotatable bonds is 4. The number of benzene rings is 2. The van der Waals surface area contributed by atoms with Gasteiger partial charge in [-0.25, -0.2) is 18.4 Å². The molecule has 0 atom stereocenters. The Morgan fingerprint density at radius 2 is 1.78 bits per heavy atom. The van der Waals surface area contributed by atoms with Crippen molar-refractivity contribution in [3.63, 3.8) is 0 Å². The molecule has 0 spiro atoms. The highest BCUT2D eigenvalue weighted by Gasteiger charge is 2.40. The van der Waals surface area contributed by atoms with Gasteiger partial charge in [-0.2, -0.15) is 18.3 Å². The lowest BCUT2D eigenvalue weighted by Gasteiger charge is -2.12. The van der Waals surface area contributed by atoms with E-state index in [0.717, 1.165) is 29.7 Å². The van der Waals surface area contributed by atoms with Gasteiger partial charge in [-0.15, -0.1) is 11.3 Å². The van der Waals surface area contributed by atoms with E-state index >= 15 is 0 Å². The second-order valence-electron chi connectivity index (χ2n) is 6.41. The summed E-state index contributed by atoms with van der Waals surface area (Å²) < 4.78 is 68.4. The fourth-order valence-corrected chi connectivity index (χ4v) is 3.69. The van der Waals surface area contributed by atoms with Gasteiger partial charge in [0.2, 0.25) is 0 Å². The molecule has 4 rings (SSSR count). The zero-order valence-corrected chi connectivity index (χ0v) is 17.2. The molecule has 0 unspecified atom stereocenters. The highest BCUT2D eigenvalue weighted by Crippen LogP contribution is 2.34. The fourth-order valence-electron chi connectivity index (χ4n) is 2.85. The summed E-state index contributed by atoms with van der Waals surface area (Å²) in [6.45, 7) is 0.